The van der Waals surface area contributed by atoms with Crippen LogP contribution < -0.4 is 10.6 Å². The van der Waals surface area contributed by atoms with Crippen LogP contribution in [-0.2, 0) is 4.79 Å². The third-order valence-corrected chi connectivity index (χ3v) is 3.20. The van der Waals surface area contributed by atoms with Crippen molar-refractivity contribution in [2.45, 2.75) is 13.8 Å². The van der Waals surface area contributed by atoms with Crippen molar-refractivity contribution in [3.05, 3.63) is 34.1 Å². The minimum atomic E-state index is -0.757. The Bertz CT molecular complexity index is 503. The molecule has 0 unspecified atom stereocenters. The highest BCUT2D eigenvalue weighted by molar-refractivity contribution is 9.10. The first-order valence-electron chi connectivity index (χ1n) is 5.73. The van der Waals surface area contributed by atoms with Crippen molar-refractivity contribution in [3.63, 3.8) is 0 Å². The smallest absolute Gasteiger partial charge is 0.254 e. The molecule has 104 valence electrons. The molecule has 6 heteroatoms. The molecule has 0 saturated carbocycles. The van der Waals surface area contributed by atoms with Gasteiger partial charge in [-0.25, -0.2) is 4.39 Å². The second-order valence-electron chi connectivity index (χ2n) is 4.77. The topological polar surface area (TPSA) is 58.2 Å². The molecule has 0 radical (unpaired) electrons. The first kappa shape index (κ1) is 15.6. The Morgan fingerprint density at radius 2 is 2.00 bits per heavy atom. The lowest BCUT2D eigenvalue weighted by molar-refractivity contribution is -0.128. The largest absolute Gasteiger partial charge is 0.359 e. The van der Waals surface area contributed by atoms with Crippen LogP contribution in [0.3, 0.4) is 0 Å². The van der Waals surface area contributed by atoms with Crippen LogP contribution in [0.5, 0.6) is 0 Å². The lowest BCUT2D eigenvalue weighted by Gasteiger charge is -2.22. The Balaban J connectivity index is 2.76. The molecule has 2 N–H and O–H groups in total. The molecule has 0 aliphatic carbocycles. The number of nitrogens with one attached hydrogen (secondary N) is 2. The maximum Gasteiger partial charge on any atom is 0.254 e. The molecule has 1 rings (SSSR count). The predicted molar refractivity (Wildman–Crippen MR) is 74.3 cm³/mol. The molecule has 2 amide bonds. The Morgan fingerprint density at radius 3 is 2.58 bits per heavy atom. The first-order chi connectivity index (χ1) is 8.77. The highest BCUT2D eigenvalue weighted by Gasteiger charge is 2.27. The van der Waals surface area contributed by atoms with E-state index in [1.165, 1.54) is 25.2 Å². The molecule has 0 aliphatic heterocycles. The third-order valence-electron chi connectivity index (χ3n) is 2.71. The van der Waals surface area contributed by atoms with Crippen LogP contribution in [0, 0.1) is 11.2 Å². The van der Waals surface area contributed by atoms with Crippen molar-refractivity contribution < 1.29 is 14.0 Å². The predicted octanol–water partition coefficient (Wildman–Crippen LogP) is 2.09. The van der Waals surface area contributed by atoms with E-state index < -0.39 is 17.1 Å². The summed E-state index contributed by atoms with van der Waals surface area (Å²) in [6, 6.07) is 4.13. The average molecular weight is 331 g/mol. The van der Waals surface area contributed by atoms with E-state index in [1.807, 2.05) is 0 Å². The average Bonchev–Trinajstić information content (AvgIpc) is 2.37. The summed E-state index contributed by atoms with van der Waals surface area (Å²) in [5.41, 5.74) is -0.811. The number of carbonyl (C=O) groups is 2. The molecule has 0 atom stereocenters. The number of carbonyl (C=O) groups excluding carboxylic acids is 2. The molecule has 0 fully saturated rings. The summed E-state index contributed by atoms with van der Waals surface area (Å²) < 4.78 is 14.1. The second-order valence-corrected chi connectivity index (χ2v) is 5.69. The highest BCUT2D eigenvalue weighted by atomic mass is 79.9. The fraction of sp³-hybridized carbons (Fsp3) is 0.385. The third kappa shape index (κ3) is 4.02. The van der Waals surface area contributed by atoms with Gasteiger partial charge in [-0.05, 0) is 32.0 Å². The first-order valence-corrected chi connectivity index (χ1v) is 6.52. The van der Waals surface area contributed by atoms with E-state index in [0.717, 1.165) is 0 Å². The summed E-state index contributed by atoms with van der Waals surface area (Å²) in [4.78, 5) is 23.4. The fourth-order valence-electron chi connectivity index (χ4n) is 1.49. The van der Waals surface area contributed by atoms with Gasteiger partial charge in [0.05, 0.1) is 11.0 Å². The van der Waals surface area contributed by atoms with Crippen LogP contribution in [0.2, 0.25) is 0 Å². The van der Waals surface area contributed by atoms with Crippen LogP contribution in [0.1, 0.15) is 24.2 Å². The van der Waals surface area contributed by atoms with E-state index >= 15 is 0 Å². The molecule has 0 bridgehead atoms. The van der Waals surface area contributed by atoms with Gasteiger partial charge in [-0.15, -0.1) is 0 Å². The van der Waals surface area contributed by atoms with Gasteiger partial charge in [0.15, 0.2) is 0 Å². The van der Waals surface area contributed by atoms with Crippen LogP contribution in [0.15, 0.2) is 22.7 Å². The molecule has 0 spiro atoms. The fourth-order valence-corrected chi connectivity index (χ4v) is 1.85. The Labute approximate surface area is 119 Å². The van der Waals surface area contributed by atoms with E-state index in [2.05, 4.69) is 26.6 Å². The van der Waals surface area contributed by atoms with Gasteiger partial charge in [0.25, 0.3) is 5.91 Å². The van der Waals surface area contributed by atoms with Crippen molar-refractivity contribution in [1.29, 1.82) is 0 Å². The lowest BCUT2D eigenvalue weighted by atomic mass is 9.92. The Hall–Kier alpha value is -1.43. The van der Waals surface area contributed by atoms with Gasteiger partial charge in [-0.1, -0.05) is 15.9 Å². The number of hydrogen-bond donors (Lipinski definition) is 2. The van der Waals surface area contributed by atoms with Gasteiger partial charge in [0, 0.05) is 18.1 Å². The highest BCUT2D eigenvalue weighted by Crippen LogP contribution is 2.17. The number of amides is 2. The zero-order valence-electron chi connectivity index (χ0n) is 11.0. The summed E-state index contributed by atoms with van der Waals surface area (Å²) in [5, 5.41) is 5.08. The Kier molecular flexibility index (Phi) is 5.05. The molecule has 4 nitrogen and oxygen atoms in total. The lowest BCUT2D eigenvalue weighted by Crippen LogP contribution is -2.43. The quantitative estimate of drug-likeness (QED) is 0.888. The van der Waals surface area contributed by atoms with E-state index in [1.54, 1.807) is 13.8 Å². The van der Waals surface area contributed by atoms with Gasteiger partial charge in [0.2, 0.25) is 5.91 Å². The standard InChI is InChI=1S/C13H16BrFN2O2/c1-13(2,12(19)16-3)7-17-11(18)9-6-8(14)4-5-10(9)15/h4-6H,7H2,1-3H3,(H,16,19)(H,17,18). The van der Waals surface area contributed by atoms with Crippen LogP contribution in [-0.4, -0.2) is 25.4 Å². The van der Waals surface area contributed by atoms with Gasteiger partial charge >= 0.3 is 0 Å². The summed E-state index contributed by atoms with van der Waals surface area (Å²) in [6.07, 6.45) is 0. The molecule has 0 aromatic heterocycles. The zero-order chi connectivity index (χ0) is 14.6. The van der Waals surface area contributed by atoms with Gasteiger partial charge < -0.3 is 10.6 Å². The molecule has 1 aromatic carbocycles. The van der Waals surface area contributed by atoms with E-state index in [4.69, 9.17) is 0 Å². The maximum absolute atomic E-state index is 13.5. The normalized spacial score (nSPS) is 11.0. The van der Waals surface area contributed by atoms with Gasteiger partial charge in [0.1, 0.15) is 5.82 Å². The number of hydrogen-bond acceptors (Lipinski definition) is 2. The van der Waals surface area contributed by atoms with Crippen molar-refractivity contribution in [1.82, 2.24) is 10.6 Å². The van der Waals surface area contributed by atoms with Crippen molar-refractivity contribution in [2.75, 3.05) is 13.6 Å². The summed E-state index contributed by atoms with van der Waals surface area (Å²) >= 11 is 3.18. The second kappa shape index (κ2) is 6.14. The van der Waals surface area contributed by atoms with Gasteiger partial charge in [-0.3, -0.25) is 9.59 Å². The van der Waals surface area contributed by atoms with E-state index in [-0.39, 0.29) is 18.0 Å². The molecule has 19 heavy (non-hydrogen) atoms. The van der Waals surface area contributed by atoms with Crippen LogP contribution in [0.25, 0.3) is 0 Å². The summed E-state index contributed by atoms with van der Waals surface area (Å²) in [5.74, 6) is -1.34. The van der Waals surface area contributed by atoms with Crippen LogP contribution in [0.4, 0.5) is 4.39 Å². The molecule has 1 aromatic rings. The minimum absolute atomic E-state index is 0.0536. The van der Waals surface area contributed by atoms with E-state index in [0.29, 0.717) is 4.47 Å². The van der Waals surface area contributed by atoms with Crippen LogP contribution >= 0.6 is 15.9 Å². The molecular formula is C13H16BrFN2O2. The molecular weight excluding hydrogens is 315 g/mol. The summed E-state index contributed by atoms with van der Waals surface area (Å²) in [7, 11) is 1.53. The number of halogens is 2. The number of benzene rings is 1. The summed E-state index contributed by atoms with van der Waals surface area (Å²) in [6.45, 7) is 3.52. The zero-order valence-corrected chi connectivity index (χ0v) is 12.6. The number of rotatable bonds is 4. The Morgan fingerprint density at radius 1 is 1.37 bits per heavy atom. The van der Waals surface area contributed by atoms with Crippen molar-refractivity contribution in [2.24, 2.45) is 5.41 Å². The maximum atomic E-state index is 13.5. The SMILES string of the molecule is CNC(=O)C(C)(C)CNC(=O)c1cc(Br)ccc1F. The van der Waals surface area contributed by atoms with Crippen molar-refractivity contribution >= 4 is 27.7 Å². The molecule has 0 heterocycles. The van der Waals surface area contributed by atoms with Crippen molar-refractivity contribution in [3.8, 4) is 0 Å². The van der Waals surface area contributed by atoms with E-state index in [9.17, 15) is 14.0 Å². The monoisotopic (exact) mass is 330 g/mol. The molecule has 0 saturated heterocycles. The molecule has 0 aliphatic rings. The minimum Gasteiger partial charge on any atom is -0.359 e. The van der Waals surface area contributed by atoms with Gasteiger partial charge in [-0.2, -0.15) is 0 Å².